The van der Waals surface area contributed by atoms with Crippen molar-refractivity contribution in [1.29, 1.82) is 0 Å². The van der Waals surface area contributed by atoms with Crippen LogP contribution in [0.1, 0.15) is 48.5 Å². The van der Waals surface area contributed by atoms with Gasteiger partial charge in [-0.15, -0.1) is 0 Å². The van der Waals surface area contributed by atoms with Crippen molar-refractivity contribution in [1.82, 2.24) is 16.0 Å². The van der Waals surface area contributed by atoms with Crippen LogP contribution in [-0.2, 0) is 75.6 Å². The molecule has 25 heteroatoms. The van der Waals surface area contributed by atoms with Crippen molar-refractivity contribution in [3.8, 4) is 0 Å². The number of ether oxygens (including phenoxy) is 11. The molecule has 4 unspecified atom stereocenters. The topological polar surface area (TPSA) is 307 Å². The molecule has 0 rings (SSSR count). The molecule has 0 heterocycles. The van der Waals surface area contributed by atoms with Crippen LogP contribution in [0.15, 0.2) is 36.5 Å². The molecule has 0 radical (unpaired) electrons. The van der Waals surface area contributed by atoms with Crippen molar-refractivity contribution >= 4 is 44.0 Å². The van der Waals surface area contributed by atoms with Gasteiger partial charge < -0.3 is 77.8 Å². The van der Waals surface area contributed by atoms with Crippen molar-refractivity contribution in [2.24, 2.45) is 5.41 Å². The second kappa shape index (κ2) is 33.8. The maximum atomic E-state index is 12.4. The molecule has 24 nitrogen and oxygen atoms in total. The van der Waals surface area contributed by atoms with Gasteiger partial charge in [0, 0.05) is 23.3 Å². The highest BCUT2D eigenvalue weighted by atomic mass is 31.2. The van der Waals surface area contributed by atoms with Crippen molar-refractivity contribution in [3.05, 3.63) is 36.5 Å². The molecule has 0 saturated carbocycles. The normalized spacial score (nSPS) is 13.9. The van der Waals surface area contributed by atoms with Gasteiger partial charge in [0.1, 0.15) is 38.1 Å². The molecular formula is C40H68N3O21P. The Morgan fingerprint density at radius 1 is 0.492 bits per heavy atom. The van der Waals surface area contributed by atoms with Crippen LogP contribution in [-0.4, -0.2) is 176 Å². The van der Waals surface area contributed by atoms with E-state index in [0.717, 1.165) is 0 Å². The molecule has 0 aromatic heterocycles. The summed E-state index contributed by atoms with van der Waals surface area (Å²) < 4.78 is 75.9. The molecule has 0 saturated heterocycles. The molecule has 0 fully saturated rings. The van der Waals surface area contributed by atoms with E-state index in [1.165, 1.54) is 27.7 Å². The standard InChI is InChI=1S/C40H68N3O21P/c1-27(2)34(44)58-15-12-42-38(48)62-31(8)20-55-24-40(26-57-22-33(10)64-65(50,51)52,25-56-21-32(9)63-39(49)43-13-16-59-35(45)28(3)4)23-54-19-30(7)61-37(47)41-11-14-53-17-18-60-36(46)29(5)6/h30-33H,1,3,5,11-26H2,2,4,6-10H3,(H,41,47)(H,42,48)(H,43,49)(H2,50,51,52). The minimum absolute atomic E-state index is 0.0107. The average molecular weight is 958 g/mol. The van der Waals surface area contributed by atoms with Crippen molar-refractivity contribution < 1.29 is 99.7 Å². The SMILES string of the molecule is C=C(C)C(=O)OCCNC(=O)OC(C)COCC(COCC(C)OC(=O)NCCOCCOC(=O)C(=C)C)(COCC(C)OC(=O)NCCOC(=O)C(=C)C)COCC(C)OP(=O)(O)O. The Balaban J connectivity index is 5.72. The van der Waals surface area contributed by atoms with E-state index in [9.17, 15) is 43.1 Å². The number of nitrogens with one attached hydrogen (secondary N) is 3. The first-order valence-electron chi connectivity index (χ1n) is 20.4. The second-order valence-corrected chi connectivity index (χ2v) is 15.9. The molecule has 374 valence electrons. The summed E-state index contributed by atoms with van der Waals surface area (Å²) in [4.78, 5) is 90.1. The van der Waals surface area contributed by atoms with Gasteiger partial charge in [0.25, 0.3) is 0 Å². The molecule has 5 N–H and O–H groups in total. The predicted molar refractivity (Wildman–Crippen MR) is 228 cm³/mol. The smallest absolute Gasteiger partial charge is 0.460 e. The zero-order chi connectivity index (χ0) is 49.4. The molecule has 3 amide bonds. The van der Waals surface area contributed by atoms with Crippen LogP contribution in [0.4, 0.5) is 14.4 Å². The third-order valence-corrected chi connectivity index (χ3v) is 8.15. The maximum absolute atomic E-state index is 12.4. The van der Waals surface area contributed by atoms with Crippen molar-refractivity contribution in [3.63, 3.8) is 0 Å². The van der Waals surface area contributed by atoms with E-state index in [1.54, 1.807) is 20.8 Å². The van der Waals surface area contributed by atoms with E-state index in [4.69, 9.17) is 52.1 Å². The number of esters is 3. The number of phosphoric acid groups is 1. The van der Waals surface area contributed by atoms with Gasteiger partial charge in [-0.05, 0) is 48.5 Å². The van der Waals surface area contributed by atoms with Crippen LogP contribution < -0.4 is 16.0 Å². The Morgan fingerprint density at radius 2 is 0.800 bits per heavy atom. The van der Waals surface area contributed by atoms with Gasteiger partial charge in [0.05, 0.1) is 90.7 Å². The first kappa shape index (κ1) is 60.4. The van der Waals surface area contributed by atoms with Gasteiger partial charge in [-0.25, -0.2) is 33.3 Å². The zero-order valence-corrected chi connectivity index (χ0v) is 39.2. The van der Waals surface area contributed by atoms with Crippen LogP contribution in [0.2, 0.25) is 0 Å². The summed E-state index contributed by atoms with van der Waals surface area (Å²) in [6.45, 7) is 19.5. The molecule has 0 bridgehead atoms. The van der Waals surface area contributed by atoms with Crippen LogP contribution in [0.3, 0.4) is 0 Å². The number of rotatable bonds is 36. The summed E-state index contributed by atoms with van der Waals surface area (Å²) in [5, 5.41) is 7.41. The quantitative estimate of drug-likeness (QED) is 0.0198. The lowest BCUT2D eigenvalue weighted by molar-refractivity contribution is -0.140. The van der Waals surface area contributed by atoms with Crippen molar-refractivity contribution in [2.75, 3.05) is 106 Å². The molecule has 0 spiro atoms. The highest BCUT2D eigenvalue weighted by Crippen LogP contribution is 2.37. The Hall–Kier alpha value is -4.65. The number of amides is 3. The van der Waals surface area contributed by atoms with Crippen LogP contribution in [0.5, 0.6) is 0 Å². The summed E-state index contributed by atoms with van der Waals surface area (Å²) >= 11 is 0. The zero-order valence-electron chi connectivity index (χ0n) is 38.3. The third-order valence-electron chi connectivity index (χ3n) is 7.52. The largest absolute Gasteiger partial charge is 0.469 e. The fourth-order valence-corrected chi connectivity index (χ4v) is 5.07. The molecule has 0 aromatic rings. The van der Waals surface area contributed by atoms with Gasteiger partial charge in [-0.1, -0.05) is 19.7 Å². The Kier molecular flexibility index (Phi) is 31.4. The summed E-state index contributed by atoms with van der Waals surface area (Å²) in [5.74, 6) is -1.77. The fourth-order valence-electron chi connectivity index (χ4n) is 4.54. The average Bonchev–Trinajstić information content (AvgIpc) is 3.19. The highest BCUT2D eigenvalue weighted by molar-refractivity contribution is 7.46. The van der Waals surface area contributed by atoms with E-state index in [2.05, 4.69) is 40.2 Å². The predicted octanol–water partition coefficient (Wildman–Crippen LogP) is 2.26. The number of hydrogen-bond acceptors (Lipinski definition) is 19. The van der Waals surface area contributed by atoms with Gasteiger partial charge in [-0.2, -0.15) is 0 Å². The molecular weight excluding hydrogens is 889 g/mol. The highest BCUT2D eigenvalue weighted by Gasteiger charge is 2.34. The minimum atomic E-state index is -4.85. The van der Waals surface area contributed by atoms with Crippen LogP contribution >= 0.6 is 7.82 Å². The monoisotopic (exact) mass is 957 g/mol. The van der Waals surface area contributed by atoms with Gasteiger partial charge in [0.15, 0.2) is 0 Å². The van der Waals surface area contributed by atoms with Gasteiger partial charge in [-0.3, -0.25) is 4.52 Å². The molecule has 0 aliphatic rings. The number of hydrogen-bond donors (Lipinski definition) is 5. The van der Waals surface area contributed by atoms with Gasteiger partial charge >= 0.3 is 44.0 Å². The number of phosphoric ester groups is 1. The number of carbonyl (C=O) groups excluding carboxylic acids is 6. The summed E-state index contributed by atoms with van der Waals surface area (Å²) in [7, 11) is -4.85. The molecule has 0 aliphatic heterocycles. The van der Waals surface area contributed by atoms with E-state index in [-0.39, 0.29) is 122 Å². The van der Waals surface area contributed by atoms with E-state index < -0.39 is 73.8 Å². The lowest BCUT2D eigenvalue weighted by Gasteiger charge is -2.34. The Labute approximate surface area is 379 Å². The lowest BCUT2D eigenvalue weighted by atomic mass is 9.92. The molecule has 0 aliphatic carbocycles. The Morgan fingerprint density at radius 3 is 1.12 bits per heavy atom. The number of carbonyl (C=O) groups is 6. The first-order chi connectivity index (χ1) is 30.4. The Bertz CT molecular complexity index is 1510. The third kappa shape index (κ3) is 33.5. The van der Waals surface area contributed by atoms with Gasteiger partial charge in [0.2, 0.25) is 0 Å². The summed E-state index contributed by atoms with van der Waals surface area (Å²) in [6.07, 6.45) is -5.86. The van der Waals surface area contributed by atoms with Crippen LogP contribution in [0.25, 0.3) is 0 Å². The second-order valence-electron chi connectivity index (χ2n) is 14.8. The fraction of sp³-hybridized carbons (Fsp3) is 0.700. The molecule has 4 atom stereocenters. The first-order valence-corrected chi connectivity index (χ1v) is 21.9. The van der Waals surface area contributed by atoms with E-state index >= 15 is 0 Å². The lowest BCUT2D eigenvalue weighted by Crippen LogP contribution is -2.44. The summed E-state index contributed by atoms with van der Waals surface area (Å²) in [5.41, 5.74) is -0.565. The van der Waals surface area contributed by atoms with E-state index in [1.807, 2.05) is 0 Å². The summed E-state index contributed by atoms with van der Waals surface area (Å²) in [6, 6.07) is 0. The number of alkyl carbamates (subject to hydrolysis) is 3. The van der Waals surface area contributed by atoms with E-state index in [0.29, 0.717) is 0 Å². The van der Waals surface area contributed by atoms with Crippen molar-refractivity contribution in [2.45, 2.75) is 72.9 Å². The maximum Gasteiger partial charge on any atom is 0.469 e. The molecule has 0 aromatic carbocycles. The minimum Gasteiger partial charge on any atom is -0.460 e. The molecule has 65 heavy (non-hydrogen) atoms. The van der Waals surface area contributed by atoms with Crippen LogP contribution in [0, 0.1) is 5.41 Å².